The van der Waals surface area contributed by atoms with E-state index in [1.807, 2.05) is 0 Å². The van der Waals surface area contributed by atoms with Crippen LogP contribution in [0.3, 0.4) is 0 Å². The lowest BCUT2D eigenvalue weighted by Crippen LogP contribution is -2.31. The molecule has 0 fully saturated rings. The number of aromatic nitrogens is 1. The van der Waals surface area contributed by atoms with Crippen molar-refractivity contribution < 1.29 is 23.2 Å². The standard InChI is InChI=1S/C10H7BF3NO2/c12-10(13,14)7-3-4-8(11(16)17)9-6(7)2-1-5-15-9/h1-5,16-17H. The predicted octanol–water partition coefficient (Wildman–Crippen LogP) is 0.933. The van der Waals surface area contributed by atoms with E-state index in [4.69, 9.17) is 10.0 Å². The van der Waals surface area contributed by atoms with Crippen molar-refractivity contribution in [3.63, 3.8) is 0 Å². The van der Waals surface area contributed by atoms with E-state index < -0.39 is 18.9 Å². The minimum atomic E-state index is -4.50. The summed E-state index contributed by atoms with van der Waals surface area (Å²) in [4.78, 5) is 3.76. The van der Waals surface area contributed by atoms with Crippen LogP contribution >= 0.6 is 0 Å². The molecular formula is C10H7BF3NO2. The summed E-state index contributed by atoms with van der Waals surface area (Å²) in [6.45, 7) is 0. The number of hydrogen-bond acceptors (Lipinski definition) is 3. The Bertz CT molecular complexity index is 557. The van der Waals surface area contributed by atoms with Crippen molar-refractivity contribution in [3.8, 4) is 0 Å². The van der Waals surface area contributed by atoms with Gasteiger partial charge in [-0.1, -0.05) is 12.1 Å². The Morgan fingerprint density at radius 2 is 1.82 bits per heavy atom. The van der Waals surface area contributed by atoms with Crippen LogP contribution in [-0.2, 0) is 6.18 Å². The molecule has 0 aliphatic rings. The molecule has 7 heteroatoms. The third-order valence-corrected chi connectivity index (χ3v) is 2.38. The largest absolute Gasteiger partial charge is 0.490 e. The first-order chi connectivity index (χ1) is 7.91. The molecule has 0 atom stereocenters. The third kappa shape index (κ3) is 2.11. The van der Waals surface area contributed by atoms with E-state index in [2.05, 4.69) is 4.98 Å². The van der Waals surface area contributed by atoms with Crippen molar-refractivity contribution in [2.45, 2.75) is 6.18 Å². The number of nitrogens with zero attached hydrogens (tertiary/aromatic N) is 1. The second-order valence-corrected chi connectivity index (χ2v) is 3.47. The first kappa shape index (κ1) is 11.9. The topological polar surface area (TPSA) is 53.4 Å². The molecule has 1 aromatic heterocycles. The molecule has 0 unspecified atom stereocenters. The maximum absolute atomic E-state index is 12.7. The summed E-state index contributed by atoms with van der Waals surface area (Å²) >= 11 is 0. The molecule has 0 saturated carbocycles. The normalized spacial score (nSPS) is 11.8. The van der Waals surface area contributed by atoms with Crippen molar-refractivity contribution in [2.24, 2.45) is 0 Å². The van der Waals surface area contributed by atoms with Gasteiger partial charge in [0.2, 0.25) is 0 Å². The van der Waals surface area contributed by atoms with Crippen LogP contribution in [0.4, 0.5) is 13.2 Å². The minimum Gasteiger partial charge on any atom is -0.423 e. The number of alkyl halides is 3. The van der Waals surface area contributed by atoms with Gasteiger partial charge in [-0.25, -0.2) is 0 Å². The summed E-state index contributed by atoms with van der Waals surface area (Å²) < 4.78 is 38.1. The van der Waals surface area contributed by atoms with Gasteiger partial charge in [0.1, 0.15) is 0 Å². The average molecular weight is 241 g/mol. The smallest absolute Gasteiger partial charge is 0.423 e. The van der Waals surface area contributed by atoms with Gasteiger partial charge in [-0.15, -0.1) is 0 Å². The second kappa shape index (κ2) is 4.01. The monoisotopic (exact) mass is 241 g/mol. The number of halogens is 3. The van der Waals surface area contributed by atoms with Gasteiger partial charge in [0.15, 0.2) is 0 Å². The van der Waals surface area contributed by atoms with Gasteiger partial charge >= 0.3 is 13.3 Å². The van der Waals surface area contributed by atoms with Crippen molar-refractivity contribution in [1.29, 1.82) is 0 Å². The zero-order chi connectivity index (χ0) is 12.6. The molecule has 2 aromatic rings. The van der Waals surface area contributed by atoms with Crippen LogP contribution in [0, 0.1) is 0 Å². The van der Waals surface area contributed by atoms with E-state index in [0.29, 0.717) is 0 Å². The van der Waals surface area contributed by atoms with Crippen LogP contribution in [0.2, 0.25) is 0 Å². The fourth-order valence-corrected chi connectivity index (χ4v) is 1.65. The molecule has 0 radical (unpaired) electrons. The Morgan fingerprint density at radius 1 is 1.12 bits per heavy atom. The fraction of sp³-hybridized carbons (Fsp3) is 0.100. The van der Waals surface area contributed by atoms with E-state index in [1.54, 1.807) is 0 Å². The fourth-order valence-electron chi connectivity index (χ4n) is 1.65. The highest BCUT2D eigenvalue weighted by atomic mass is 19.4. The van der Waals surface area contributed by atoms with E-state index in [9.17, 15) is 13.2 Å². The highest BCUT2D eigenvalue weighted by molar-refractivity contribution is 6.61. The van der Waals surface area contributed by atoms with Crippen LogP contribution in [0.25, 0.3) is 10.9 Å². The minimum absolute atomic E-state index is 0.0476. The zero-order valence-electron chi connectivity index (χ0n) is 8.44. The lowest BCUT2D eigenvalue weighted by atomic mass is 9.78. The number of fused-ring (bicyclic) bond motifs is 1. The van der Waals surface area contributed by atoms with Crippen molar-refractivity contribution in [2.75, 3.05) is 0 Å². The maximum Gasteiger partial charge on any atom is 0.490 e. The van der Waals surface area contributed by atoms with E-state index in [1.165, 1.54) is 18.3 Å². The van der Waals surface area contributed by atoms with Gasteiger partial charge < -0.3 is 10.0 Å². The van der Waals surface area contributed by atoms with Gasteiger partial charge in [0.05, 0.1) is 11.1 Å². The summed E-state index contributed by atoms with van der Waals surface area (Å²) in [5.41, 5.74) is -0.948. The molecule has 1 heterocycles. The summed E-state index contributed by atoms with van der Waals surface area (Å²) in [6.07, 6.45) is -3.20. The molecule has 0 aliphatic heterocycles. The average Bonchev–Trinajstić information content (AvgIpc) is 2.26. The number of rotatable bonds is 1. The summed E-state index contributed by atoms with van der Waals surface area (Å²) in [5, 5.41) is 18.0. The molecular weight excluding hydrogens is 234 g/mol. The second-order valence-electron chi connectivity index (χ2n) is 3.47. The van der Waals surface area contributed by atoms with Gasteiger partial charge in [-0.2, -0.15) is 13.2 Å². The quantitative estimate of drug-likeness (QED) is 0.730. The number of benzene rings is 1. The Kier molecular flexibility index (Phi) is 2.80. The Labute approximate surface area is 94.7 Å². The lowest BCUT2D eigenvalue weighted by Gasteiger charge is -2.12. The first-order valence-corrected chi connectivity index (χ1v) is 4.72. The molecule has 0 aliphatic carbocycles. The van der Waals surface area contributed by atoms with Crippen LogP contribution in [-0.4, -0.2) is 22.2 Å². The summed E-state index contributed by atoms with van der Waals surface area (Å²) in [6, 6.07) is 4.45. The summed E-state index contributed by atoms with van der Waals surface area (Å²) in [5.74, 6) is 0. The van der Waals surface area contributed by atoms with E-state index in [-0.39, 0.29) is 16.4 Å². The maximum atomic E-state index is 12.7. The molecule has 0 saturated heterocycles. The molecule has 1 aromatic carbocycles. The van der Waals surface area contributed by atoms with Gasteiger partial charge in [-0.05, 0) is 12.1 Å². The predicted molar refractivity (Wildman–Crippen MR) is 56.6 cm³/mol. The van der Waals surface area contributed by atoms with Crippen molar-refractivity contribution in [3.05, 3.63) is 36.0 Å². The molecule has 0 bridgehead atoms. The van der Waals surface area contributed by atoms with Crippen LogP contribution in [0.1, 0.15) is 5.56 Å². The highest BCUT2D eigenvalue weighted by Gasteiger charge is 2.33. The van der Waals surface area contributed by atoms with E-state index in [0.717, 1.165) is 12.1 Å². The molecule has 3 nitrogen and oxygen atoms in total. The van der Waals surface area contributed by atoms with Crippen molar-refractivity contribution >= 4 is 23.5 Å². The van der Waals surface area contributed by atoms with Crippen molar-refractivity contribution in [1.82, 2.24) is 4.98 Å². The lowest BCUT2D eigenvalue weighted by molar-refractivity contribution is -0.136. The molecule has 2 rings (SSSR count). The number of hydrogen-bond donors (Lipinski definition) is 2. The Morgan fingerprint density at radius 3 is 2.41 bits per heavy atom. The number of pyridine rings is 1. The summed E-state index contributed by atoms with van der Waals surface area (Å²) in [7, 11) is -1.85. The molecule has 88 valence electrons. The van der Waals surface area contributed by atoms with Gasteiger partial charge in [-0.3, -0.25) is 4.98 Å². The van der Waals surface area contributed by atoms with Gasteiger partial charge in [0.25, 0.3) is 0 Å². The van der Waals surface area contributed by atoms with Gasteiger partial charge in [0, 0.05) is 17.0 Å². The highest BCUT2D eigenvalue weighted by Crippen LogP contribution is 2.33. The zero-order valence-corrected chi connectivity index (χ0v) is 8.44. The Hall–Kier alpha value is -1.60. The van der Waals surface area contributed by atoms with Crippen LogP contribution in [0.5, 0.6) is 0 Å². The van der Waals surface area contributed by atoms with Crippen LogP contribution in [0.15, 0.2) is 30.5 Å². The Balaban J connectivity index is 2.80. The van der Waals surface area contributed by atoms with E-state index >= 15 is 0 Å². The molecule has 0 amide bonds. The molecule has 17 heavy (non-hydrogen) atoms. The third-order valence-electron chi connectivity index (χ3n) is 2.38. The molecule has 0 spiro atoms. The SMILES string of the molecule is OB(O)c1ccc(C(F)(F)F)c2cccnc12. The molecule has 2 N–H and O–H groups in total. The first-order valence-electron chi connectivity index (χ1n) is 4.72. The van der Waals surface area contributed by atoms with Crippen LogP contribution < -0.4 is 5.46 Å².